The zero-order chi connectivity index (χ0) is 9.11. The Morgan fingerprint density at radius 3 is 2.09 bits per heavy atom. The van der Waals surface area contributed by atoms with E-state index in [-0.39, 0.29) is 0 Å². The van der Waals surface area contributed by atoms with Crippen molar-refractivity contribution < 1.29 is 5.11 Å². The Bertz CT molecular complexity index is 76.9. The van der Waals surface area contributed by atoms with Gasteiger partial charge in [-0.25, -0.2) is 0 Å². The maximum absolute atomic E-state index is 8.41. The highest BCUT2D eigenvalue weighted by Crippen LogP contribution is 2.04. The molecule has 1 N–H and O–H groups in total. The van der Waals surface area contributed by atoms with Gasteiger partial charge in [-0.3, -0.25) is 0 Å². The third-order valence-electron chi connectivity index (χ3n) is 1.26. The second-order valence-electron chi connectivity index (χ2n) is 2.49. The number of rotatable bonds is 5. The topological polar surface area (TPSA) is 20.2 Å². The summed E-state index contributed by atoms with van der Waals surface area (Å²) in [6, 6.07) is 0. The highest BCUT2D eigenvalue weighted by atomic mass is 16.2. The van der Waals surface area contributed by atoms with Crippen LogP contribution in [-0.2, 0) is 0 Å². The fourth-order valence-electron chi connectivity index (χ4n) is 0.715. The highest BCUT2D eigenvalue weighted by molar-refractivity contribution is 4.86. The smallest absolute Gasteiger partial charge is 0.0431 e. The second-order valence-corrected chi connectivity index (χ2v) is 2.49. The summed E-state index contributed by atoms with van der Waals surface area (Å²) in [5.41, 5.74) is 1.24. The van der Waals surface area contributed by atoms with Crippen LogP contribution < -0.4 is 0 Å². The summed E-state index contributed by atoms with van der Waals surface area (Å²) in [6.07, 6.45) is 4.35. The molecule has 11 heavy (non-hydrogen) atoms. The van der Waals surface area contributed by atoms with E-state index in [0.29, 0.717) is 6.61 Å². The van der Waals surface area contributed by atoms with Crippen LogP contribution in [0.4, 0.5) is 0 Å². The molecule has 0 rings (SSSR count). The van der Waals surface area contributed by atoms with Crippen LogP contribution in [0.2, 0.25) is 0 Å². The lowest BCUT2D eigenvalue weighted by Crippen LogP contribution is -1.83. The Morgan fingerprint density at radius 2 is 1.73 bits per heavy atom. The van der Waals surface area contributed by atoms with Crippen molar-refractivity contribution in [3.63, 3.8) is 0 Å². The molecular formula is C10H22O. The van der Waals surface area contributed by atoms with Gasteiger partial charge in [-0.1, -0.05) is 25.8 Å². The van der Waals surface area contributed by atoms with E-state index in [1.54, 1.807) is 0 Å². The molecule has 0 bridgehead atoms. The maximum Gasteiger partial charge on any atom is 0.0431 e. The van der Waals surface area contributed by atoms with Gasteiger partial charge in [-0.05, 0) is 26.2 Å². The number of hydrogen-bond donors (Lipinski definition) is 1. The third kappa shape index (κ3) is 17.7. The molecule has 0 aliphatic carbocycles. The molecule has 0 radical (unpaired) electrons. The first kappa shape index (κ1) is 13.3. The first-order valence-electron chi connectivity index (χ1n) is 4.52. The first-order chi connectivity index (χ1) is 5.27. The van der Waals surface area contributed by atoms with E-state index < -0.39 is 0 Å². The van der Waals surface area contributed by atoms with Gasteiger partial charge in [0.05, 0.1) is 0 Å². The van der Waals surface area contributed by atoms with Crippen molar-refractivity contribution in [3.05, 3.63) is 12.2 Å². The lowest BCUT2D eigenvalue weighted by atomic mass is 10.1. The molecule has 0 aromatic carbocycles. The Labute approximate surface area is 71.1 Å². The van der Waals surface area contributed by atoms with E-state index in [0.717, 1.165) is 19.3 Å². The SMILES string of the molecule is C=C(C)CCCCCO.CC. The van der Waals surface area contributed by atoms with Crippen molar-refractivity contribution >= 4 is 0 Å². The van der Waals surface area contributed by atoms with Gasteiger partial charge in [0.15, 0.2) is 0 Å². The van der Waals surface area contributed by atoms with Gasteiger partial charge in [0.2, 0.25) is 0 Å². The fourth-order valence-corrected chi connectivity index (χ4v) is 0.715. The van der Waals surface area contributed by atoms with Crippen LogP contribution in [0.3, 0.4) is 0 Å². The van der Waals surface area contributed by atoms with Crippen molar-refractivity contribution in [2.75, 3.05) is 6.61 Å². The van der Waals surface area contributed by atoms with Crippen LogP contribution in [0.25, 0.3) is 0 Å². The Morgan fingerprint density at radius 1 is 1.18 bits per heavy atom. The highest BCUT2D eigenvalue weighted by Gasteiger charge is 1.87. The molecule has 1 nitrogen and oxygen atoms in total. The number of aliphatic hydroxyl groups is 1. The molecule has 68 valence electrons. The Balaban J connectivity index is 0. The number of allylic oxidation sites excluding steroid dienone is 1. The molecule has 0 fully saturated rings. The van der Waals surface area contributed by atoms with Crippen molar-refractivity contribution in [2.45, 2.75) is 46.5 Å². The average molecular weight is 158 g/mol. The molecular weight excluding hydrogens is 136 g/mol. The molecule has 0 saturated carbocycles. The molecule has 0 aromatic heterocycles. The van der Waals surface area contributed by atoms with Crippen molar-refractivity contribution in [2.24, 2.45) is 0 Å². The minimum atomic E-state index is 0.330. The van der Waals surface area contributed by atoms with E-state index in [1.165, 1.54) is 12.0 Å². The third-order valence-corrected chi connectivity index (χ3v) is 1.26. The molecule has 0 aliphatic rings. The van der Waals surface area contributed by atoms with Crippen LogP contribution in [0.15, 0.2) is 12.2 Å². The van der Waals surface area contributed by atoms with Crippen molar-refractivity contribution in [1.29, 1.82) is 0 Å². The summed E-state index contributed by atoms with van der Waals surface area (Å²) >= 11 is 0. The summed E-state index contributed by atoms with van der Waals surface area (Å²) in [6.45, 7) is 10.2. The predicted molar refractivity (Wildman–Crippen MR) is 51.7 cm³/mol. The standard InChI is InChI=1S/C8H16O.C2H6/c1-8(2)6-4-3-5-7-9;1-2/h9H,1,3-7H2,2H3;1-2H3. The molecule has 0 atom stereocenters. The Kier molecular flexibility index (Phi) is 15.0. The van der Waals surface area contributed by atoms with E-state index in [9.17, 15) is 0 Å². The summed E-state index contributed by atoms with van der Waals surface area (Å²) in [4.78, 5) is 0. The van der Waals surface area contributed by atoms with Crippen molar-refractivity contribution in [3.8, 4) is 0 Å². The van der Waals surface area contributed by atoms with E-state index in [4.69, 9.17) is 5.11 Å². The maximum atomic E-state index is 8.41. The molecule has 0 saturated heterocycles. The van der Waals surface area contributed by atoms with Crippen molar-refractivity contribution in [1.82, 2.24) is 0 Å². The van der Waals surface area contributed by atoms with E-state index in [2.05, 4.69) is 6.58 Å². The van der Waals surface area contributed by atoms with Crippen LogP contribution in [0.1, 0.15) is 46.5 Å². The summed E-state index contributed by atoms with van der Waals surface area (Å²) < 4.78 is 0. The minimum absolute atomic E-state index is 0.330. The van der Waals surface area contributed by atoms with Crippen LogP contribution >= 0.6 is 0 Å². The van der Waals surface area contributed by atoms with Crippen LogP contribution in [0.5, 0.6) is 0 Å². The molecule has 0 spiro atoms. The molecule has 0 aliphatic heterocycles. The summed E-state index contributed by atoms with van der Waals surface area (Å²) in [7, 11) is 0. The largest absolute Gasteiger partial charge is 0.396 e. The van der Waals surface area contributed by atoms with Gasteiger partial charge < -0.3 is 5.11 Å². The predicted octanol–water partition coefficient (Wildman–Crippen LogP) is 3.14. The number of hydrogen-bond acceptors (Lipinski definition) is 1. The van der Waals surface area contributed by atoms with Gasteiger partial charge in [0.25, 0.3) is 0 Å². The van der Waals surface area contributed by atoms with E-state index in [1.807, 2.05) is 20.8 Å². The Hall–Kier alpha value is -0.300. The first-order valence-corrected chi connectivity index (χ1v) is 4.52. The fraction of sp³-hybridized carbons (Fsp3) is 0.800. The normalized spacial score (nSPS) is 8.36. The minimum Gasteiger partial charge on any atom is -0.396 e. The van der Waals surface area contributed by atoms with Crippen LogP contribution in [-0.4, -0.2) is 11.7 Å². The van der Waals surface area contributed by atoms with Gasteiger partial charge in [-0.15, -0.1) is 6.58 Å². The zero-order valence-electron chi connectivity index (χ0n) is 8.19. The summed E-state index contributed by atoms with van der Waals surface area (Å²) in [5, 5.41) is 8.41. The second kappa shape index (κ2) is 12.4. The molecule has 0 aromatic rings. The zero-order valence-corrected chi connectivity index (χ0v) is 8.19. The lowest BCUT2D eigenvalue weighted by Gasteiger charge is -1.96. The van der Waals surface area contributed by atoms with Gasteiger partial charge in [0.1, 0.15) is 0 Å². The van der Waals surface area contributed by atoms with Gasteiger partial charge in [-0.2, -0.15) is 0 Å². The quantitative estimate of drug-likeness (QED) is 0.481. The van der Waals surface area contributed by atoms with Crippen LogP contribution in [0, 0.1) is 0 Å². The van der Waals surface area contributed by atoms with Gasteiger partial charge >= 0.3 is 0 Å². The molecule has 0 heterocycles. The monoisotopic (exact) mass is 158 g/mol. The van der Waals surface area contributed by atoms with E-state index >= 15 is 0 Å². The van der Waals surface area contributed by atoms with Gasteiger partial charge in [0, 0.05) is 6.61 Å². The number of unbranched alkanes of at least 4 members (excludes halogenated alkanes) is 2. The molecule has 1 heteroatoms. The molecule has 0 amide bonds. The summed E-state index contributed by atoms with van der Waals surface area (Å²) in [5.74, 6) is 0. The lowest BCUT2D eigenvalue weighted by molar-refractivity contribution is 0.283. The average Bonchev–Trinajstić information content (AvgIpc) is 2.02. The molecule has 0 unspecified atom stereocenters. The number of aliphatic hydroxyl groups excluding tert-OH is 1.